The average Bonchev–Trinajstić information content (AvgIpc) is 3.12. The van der Waals surface area contributed by atoms with Gasteiger partial charge in [-0.1, -0.05) is 63.4 Å². The van der Waals surface area contributed by atoms with Crippen LogP contribution < -0.4 is 14.2 Å². The summed E-state index contributed by atoms with van der Waals surface area (Å²) >= 11 is 0. The van der Waals surface area contributed by atoms with Gasteiger partial charge in [-0.15, -0.1) is 0 Å². The van der Waals surface area contributed by atoms with Gasteiger partial charge in [-0.3, -0.25) is 0 Å². The smallest absolute Gasteiger partial charge is 0.343 e. The van der Waals surface area contributed by atoms with Gasteiger partial charge in [0.25, 0.3) is 0 Å². The molecule has 2 atom stereocenters. The topological polar surface area (TPSA) is 97.4 Å². The molecule has 0 aliphatic rings. The minimum absolute atomic E-state index is 0.380. The van der Waals surface area contributed by atoms with E-state index < -0.39 is 11.9 Å². The van der Waals surface area contributed by atoms with E-state index in [1.54, 1.807) is 36.4 Å². The SMILES string of the molecule is C=CC(=O)OCCC[C@H](C)CCOc1ccc(/C=C/c2ccc(OC(=O)c3ccc(OCC[C@@H](C)CCCOC(=O)C=C)cc3)cc2)cc1. The van der Waals surface area contributed by atoms with Crippen LogP contribution in [0.5, 0.6) is 17.2 Å². The number of ether oxygens (including phenoxy) is 5. The van der Waals surface area contributed by atoms with Crippen molar-refractivity contribution >= 4 is 30.1 Å². The summed E-state index contributed by atoms with van der Waals surface area (Å²) in [7, 11) is 0. The van der Waals surface area contributed by atoms with Gasteiger partial charge in [0.1, 0.15) is 17.2 Å². The molecule has 0 saturated carbocycles. The van der Waals surface area contributed by atoms with Crippen LogP contribution >= 0.6 is 0 Å². The van der Waals surface area contributed by atoms with Crippen molar-refractivity contribution in [2.24, 2.45) is 11.8 Å². The summed E-state index contributed by atoms with van der Waals surface area (Å²) in [6, 6.07) is 22.2. The zero-order valence-corrected chi connectivity index (χ0v) is 28.6. The number of hydrogen-bond acceptors (Lipinski definition) is 8. The lowest BCUT2D eigenvalue weighted by Gasteiger charge is -2.12. The van der Waals surface area contributed by atoms with Crippen LogP contribution in [0.4, 0.5) is 0 Å². The number of esters is 3. The maximum absolute atomic E-state index is 12.7. The van der Waals surface area contributed by atoms with Crippen LogP contribution in [0.15, 0.2) is 98.1 Å². The number of benzene rings is 3. The van der Waals surface area contributed by atoms with E-state index in [0.717, 1.165) is 55.4 Å². The minimum Gasteiger partial charge on any atom is -0.494 e. The highest BCUT2D eigenvalue weighted by Gasteiger charge is 2.10. The summed E-state index contributed by atoms with van der Waals surface area (Å²) in [5.41, 5.74) is 2.45. The van der Waals surface area contributed by atoms with Crippen LogP contribution in [-0.4, -0.2) is 44.3 Å². The normalized spacial score (nSPS) is 12.0. The highest BCUT2D eigenvalue weighted by atomic mass is 16.5. The van der Waals surface area contributed by atoms with Crippen LogP contribution in [0.2, 0.25) is 0 Å². The summed E-state index contributed by atoms with van der Waals surface area (Å²) in [5.74, 6) is 1.65. The number of carbonyl (C=O) groups is 3. The largest absolute Gasteiger partial charge is 0.494 e. The Bertz CT molecular complexity index is 1490. The van der Waals surface area contributed by atoms with Gasteiger partial charge in [0.2, 0.25) is 0 Å². The monoisotopic (exact) mass is 668 g/mol. The van der Waals surface area contributed by atoms with E-state index in [9.17, 15) is 14.4 Å². The Kier molecular flexibility index (Phi) is 17.0. The molecule has 8 heteroatoms. The Hall–Kier alpha value is -5.11. The Labute approximate surface area is 290 Å². The molecule has 0 fully saturated rings. The number of rotatable bonds is 22. The molecule has 3 aromatic rings. The van der Waals surface area contributed by atoms with Gasteiger partial charge in [0, 0.05) is 12.2 Å². The van der Waals surface area contributed by atoms with Crippen molar-refractivity contribution in [1.29, 1.82) is 0 Å². The first-order valence-corrected chi connectivity index (χ1v) is 16.8. The van der Waals surface area contributed by atoms with E-state index >= 15 is 0 Å². The van der Waals surface area contributed by atoms with Gasteiger partial charge in [0.05, 0.1) is 32.0 Å². The zero-order chi connectivity index (χ0) is 35.3. The molecule has 0 aromatic heterocycles. The lowest BCUT2D eigenvalue weighted by atomic mass is 10.0. The van der Waals surface area contributed by atoms with Crippen LogP contribution in [0.25, 0.3) is 12.2 Å². The van der Waals surface area contributed by atoms with Crippen LogP contribution in [0.3, 0.4) is 0 Å². The zero-order valence-electron chi connectivity index (χ0n) is 28.6. The van der Waals surface area contributed by atoms with Gasteiger partial charge >= 0.3 is 17.9 Å². The predicted molar refractivity (Wildman–Crippen MR) is 193 cm³/mol. The Morgan fingerprint density at radius 1 is 0.571 bits per heavy atom. The lowest BCUT2D eigenvalue weighted by Crippen LogP contribution is -2.09. The number of hydrogen-bond donors (Lipinski definition) is 0. The molecule has 0 heterocycles. The third-order valence-electron chi connectivity index (χ3n) is 7.79. The summed E-state index contributed by atoms with van der Waals surface area (Å²) in [4.78, 5) is 34.9. The van der Waals surface area contributed by atoms with Gasteiger partial charge < -0.3 is 23.7 Å². The average molecular weight is 669 g/mol. The van der Waals surface area contributed by atoms with E-state index in [0.29, 0.717) is 55.3 Å². The molecule has 0 unspecified atom stereocenters. The van der Waals surface area contributed by atoms with Crippen LogP contribution in [0.1, 0.15) is 73.9 Å². The molecular formula is C41H48O8. The van der Waals surface area contributed by atoms with Crippen molar-refractivity contribution in [1.82, 2.24) is 0 Å². The van der Waals surface area contributed by atoms with Gasteiger partial charge in [-0.05, 0) is 110 Å². The van der Waals surface area contributed by atoms with Gasteiger partial charge in [0.15, 0.2) is 0 Å². The van der Waals surface area contributed by atoms with Gasteiger partial charge in [-0.2, -0.15) is 0 Å². The fourth-order valence-corrected chi connectivity index (χ4v) is 4.74. The quantitative estimate of drug-likeness (QED) is 0.0344. The third-order valence-corrected chi connectivity index (χ3v) is 7.79. The maximum atomic E-state index is 12.7. The highest BCUT2D eigenvalue weighted by Crippen LogP contribution is 2.20. The summed E-state index contributed by atoms with van der Waals surface area (Å²) in [6.07, 6.45) is 11.7. The van der Waals surface area contributed by atoms with E-state index in [1.165, 1.54) is 12.2 Å². The summed E-state index contributed by atoms with van der Waals surface area (Å²) < 4.78 is 27.3. The Morgan fingerprint density at radius 3 is 1.41 bits per heavy atom. The third kappa shape index (κ3) is 15.6. The fourth-order valence-electron chi connectivity index (χ4n) is 4.74. The summed E-state index contributed by atoms with van der Waals surface area (Å²) in [5, 5.41) is 0. The molecular weight excluding hydrogens is 620 g/mol. The first kappa shape index (κ1) is 38.3. The van der Waals surface area contributed by atoms with Crippen molar-refractivity contribution in [2.45, 2.75) is 52.4 Å². The van der Waals surface area contributed by atoms with Crippen molar-refractivity contribution in [3.8, 4) is 17.2 Å². The molecule has 0 saturated heterocycles. The molecule has 0 spiro atoms. The summed E-state index contributed by atoms with van der Waals surface area (Å²) in [6.45, 7) is 13.1. The molecule has 260 valence electrons. The standard InChI is InChI=1S/C41H48O8/c1-5-39(42)47-27-7-9-31(3)25-29-45-36-19-13-33(14-20-36)11-12-34-15-21-38(22-16-34)49-41(44)35-17-23-37(24-18-35)46-30-26-32(4)10-8-28-48-40(43)6-2/h5-6,11-24,31-32H,1-2,7-10,25-30H2,3-4H3/b12-11+/t31-,32-/m0/s1. The fraction of sp³-hybridized carbons (Fsp3) is 0.341. The van der Waals surface area contributed by atoms with Crippen LogP contribution in [0, 0.1) is 11.8 Å². The second kappa shape index (κ2) is 21.7. The number of carbonyl (C=O) groups excluding carboxylic acids is 3. The van der Waals surface area contributed by atoms with Crippen molar-refractivity contribution in [3.63, 3.8) is 0 Å². The Balaban J connectivity index is 1.34. The molecule has 8 nitrogen and oxygen atoms in total. The molecule has 3 aromatic carbocycles. The minimum atomic E-state index is -0.441. The second-order valence-corrected chi connectivity index (χ2v) is 11.9. The molecule has 0 aliphatic heterocycles. The van der Waals surface area contributed by atoms with Crippen LogP contribution in [-0.2, 0) is 19.1 Å². The molecule has 49 heavy (non-hydrogen) atoms. The predicted octanol–water partition coefficient (Wildman–Crippen LogP) is 8.91. The van der Waals surface area contributed by atoms with E-state index in [2.05, 4.69) is 27.0 Å². The van der Waals surface area contributed by atoms with Crippen molar-refractivity contribution in [2.75, 3.05) is 26.4 Å². The lowest BCUT2D eigenvalue weighted by molar-refractivity contribution is -0.138. The molecule has 0 aliphatic carbocycles. The molecule has 3 rings (SSSR count). The molecule has 0 N–H and O–H groups in total. The van der Waals surface area contributed by atoms with E-state index in [4.69, 9.17) is 23.7 Å². The Morgan fingerprint density at radius 2 is 0.980 bits per heavy atom. The van der Waals surface area contributed by atoms with E-state index in [1.807, 2.05) is 48.6 Å². The highest BCUT2D eigenvalue weighted by molar-refractivity contribution is 5.91. The van der Waals surface area contributed by atoms with Crippen molar-refractivity contribution < 1.29 is 38.1 Å². The van der Waals surface area contributed by atoms with E-state index in [-0.39, 0.29) is 5.97 Å². The molecule has 0 amide bonds. The molecule has 0 radical (unpaired) electrons. The first-order chi connectivity index (χ1) is 23.7. The van der Waals surface area contributed by atoms with Crippen molar-refractivity contribution in [3.05, 3.63) is 115 Å². The second-order valence-electron chi connectivity index (χ2n) is 11.9. The first-order valence-electron chi connectivity index (χ1n) is 16.8. The molecule has 0 bridgehead atoms. The van der Waals surface area contributed by atoms with Gasteiger partial charge in [-0.25, -0.2) is 14.4 Å². The maximum Gasteiger partial charge on any atom is 0.343 e.